The predicted molar refractivity (Wildman–Crippen MR) is 145 cm³/mol. The maximum Gasteiger partial charge on any atom is 0.326 e. The van der Waals surface area contributed by atoms with Crippen molar-refractivity contribution in [2.75, 3.05) is 13.1 Å². The molecule has 1 saturated heterocycles. The summed E-state index contributed by atoms with van der Waals surface area (Å²) in [7, 11) is -3.92. The summed E-state index contributed by atoms with van der Waals surface area (Å²) in [5.41, 5.74) is 1.58. The first-order chi connectivity index (χ1) is 18.4. The number of likely N-dealkylation sites (tertiary alicyclic amines) is 1. The van der Waals surface area contributed by atoms with Crippen LogP contribution in [-0.2, 0) is 30.8 Å². The van der Waals surface area contributed by atoms with Crippen molar-refractivity contribution in [1.29, 1.82) is 0 Å². The first kappa shape index (κ1) is 30.1. The molecule has 39 heavy (non-hydrogen) atoms. The molecule has 2 aromatic carbocycles. The number of hydrogen-bond donors (Lipinski definition) is 4. The molecule has 1 aliphatic rings. The van der Waals surface area contributed by atoms with Crippen LogP contribution in [0.25, 0.3) is 0 Å². The van der Waals surface area contributed by atoms with Crippen LogP contribution in [0.15, 0.2) is 53.4 Å². The highest BCUT2D eigenvalue weighted by Crippen LogP contribution is 2.22. The number of carboxylic acids is 1. The fraction of sp³-hybridized carbons (Fsp3) is 0.464. The van der Waals surface area contributed by atoms with E-state index in [-0.39, 0.29) is 42.0 Å². The fourth-order valence-electron chi connectivity index (χ4n) is 4.51. The number of piperidine rings is 1. The molecule has 10 nitrogen and oxygen atoms in total. The minimum Gasteiger partial charge on any atom is -0.508 e. The van der Waals surface area contributed by atoms with Gasteiger partial charge in [0.05, 0.1) is 4.90 Å². The average Bonchev–Trinajstić information content (AvgIpc) is 2.92. The van der Waals surface area contributed by atoms with Crippen LogP contribution < -0.4 is 10.0 Å². The van der Waals surface area contributed by atoms with Crippen molar-refractivity contribution in [3.8, 4) is 5.75 Å². The zero-order valence-corrected chi connectivity index (χ0v) is 23.3. The van der Waals surface area contributed by atoms with Crippen molar-refractivity contribution >= 4 is 27.8 Å². The van der Waals surface area contributed by atoms with E-state index in [1.165, 1.54) is 24.3 Å². The van der Waals surface area contributed by atoms with Crippen molar-refractivity contribution in [3.63, 3.8) is 0 Å². The van der Waals surface area contributed by atoms with E-state index in [0.29, 0.717) is 24.8 Å². The van der Waals surface area contributed by atoms with Gasteiger partial charge in [0.15, 0.2) is 0 Å². The summed E-state index contributed by atoms with van der Waals surface area (Å²) in [6, 6.07) is 10.4. The van der Waals surface area contributed by atoms with Crippen molar-refractivity contribution < 1.29 is 33.0 Å². The molecule has 1 unspecified atom stereocenters. The molecule has 0 saturated carbocycles. The number of phenolic OH excluding ortho intramolecular Hbond substituents is 1. The zero-order chi connectivity index (χ0) is 28.7. The molecule has 0 bridgehead atoms. The number of aryl methyl sites for hydroxylation is 1. The van der Waals surface area contributed by atoms with E-state index < -0.39 is 39.9 Å². The maximum atomic E-state index is 13.4. The molecule has 3 rings (SSSR count). The normalized spacial score (nSPS) is 16.7. The Morgan fingerprint density at radius 2 is 1.62 bits per heavy atom. The van der Waals surface area contributed by atoms with Crippen LogP contribution in [-0.4, -0.2) is 66.5 Å². The number of aromatic hydroxyl groups is 1. The Morgan fingerprint density at radius 3 is 2.15 bits per heavy atom. The van der Waals surface area contributed by atoms with Gasteiger partial charge in [0.25, 0.3) is 0 Å². The molecular weight excluding hydrogens is 522 g/mol. The number of amides is 2. The quantitative estimate of drug-likeness (QED) is 0.330. The first-order valence-corrected chi connectivity index (χ1v) is 14.6. The van der Waals surface area contributed by atoms with Gasteiger partial charge in [-0.3, -0.25) is 9.59 Å². The molecule has 212 valence electrons. The molecule has 0 spiro atoms. The van der Waals surface area contributed by atoms with Gasteiger partial charge in [0.2, 0.25) is 21.8 Å². The van der Waals surface area contributed by atoms with Crippen LogP contribution in [0.4, 0.5) is 0 Å². The first-order valence-electron chi connectivity index (χ1n) is 13.1. The summed E-state index contributed by atoms with van der Waals surface area (Å²) in [5.74, 6) is -2.56. The van der Waals surface area contributed by atoms with Crippen LogP contribution in [0.1, 0.15) is 44.2 Å². The van der Waals surface area contributed by atoms with Gasteiger partial charge < -0.3 is 20.4 Å². The Labute approximate surface area is 229 Å². The van der Waals surface area contributed by atoms with Gasteiger partial charge in [-0.1, -0.05) is 50.1 Å². The number of carboxylic acid groups (broad SMARTS) is 1. The minimum atomic E-state index is -3.92. The summed E-state index contributed by atoms with van der Waals surface area (Å²) >= 11 is 0. The number of benzene rings is 2. The smallest absolute Gasteiger partial charge is 0.326 e. The summed E-state index contributed by atoms with van der Waals surface area (Å²) in [6.07, 6.45) is 1.32. The Balaban J connectivity index is 1.62. The van der Waals surface area contributed by atoms with Gasteiger partial charge in [-0.2, -0.15) is 4.72 Å². The number of hydrogen-bond acceptors (Lipinski definition) is 6. The van der Waals surface area contributed by atoms with Gasteiger partial charge in [-0.05, 0) is 55.5 Å². The van der Waals surface area contributed by atoms with Crippen molar-refractivity contribution in [2.24, 2.45) is 11.8 Å². The lowest BCUT2D eigenvalue weighted by molar-refractivity contribution is -0.143. The molecule has 2 amide bonds. The van der Waals surface area contributed by atoms with Crippen LogP contribution in [0.5, 0.6) is 5.75 Å². The van der Waals surface area contributed by atoms with E-state index in [1.807, 2.05) is 20.8 Å². The molecule has 3 atom stereocenters. The van der Waals surface area contributed by atoms with E-state index in [1.54, 1.807) is 29.2 Å². The van der Waals surface area contributed by atoms with Crippen molar-refractivity contribution in [1.82, 2.24) is 14.9 Å². The molecule has 11 heteroatoms. The number of aliphatic carboxylic acids is 1. The topological polar surface area (TPSA) is 153 Å². The van der Waals surface area contributed by atoms with Crippen LogP contribution in [0.3, 0.4) is 0 Å². The van der Waals surface area contributed by atoms with E-state index in [4.69, 9.17) is 0 Å². The SMILES string of the molecule is CCC(C)[C@H](NS(=O)(=O)c1ccc(C)cc1)C(=O)N1CCC(C(=O)N[C@@H](Cc2ccc(O)cc2)C(=O)O)CC1. The van der Waals surface area contributed by atoms with E-state index in [9.17, 15) is 33.0 Å². The molecule has 1 aliphatic heterocycles. The lowest BCUT2D eigenvalue weighted by atomic mass is 9.93. The molecule has 0 aromatic heterocycles. The average molecular weight is 560 g/mol. The number of rotatable bonds is 11. The molecular formula is C28H37N3O7S. The number of nitrogens with one attached hydrogen (secondary N) is 2. The summed E-state index contributed by atoms with van der Waals surface area (Å²) in [6.45, 7) is 6.08. The number of sulfonamides is 1. The third-order valence-electron chi connectivity index (χ3n) is 7.26. The molecule has 1 heterocycles. The second kappa shape index (κ2) is 13.1. The number of carbonyl (C=O) groups excluding carboxylic acids is 2. The Hall–Kier alpha value is -3.44. The maximum absolute atomic E-state index is 13.4. The van der Waals surface area contributed by atoms with Gasteiger partial charge in [-0.15, -0.1) is 0 Å². The van der Waals surface area contributed by atoms with Gasteiger partial charge in [0, 0.05) is 25.4 Å². The molecule has 2 aromatic rings. The zero-order valence-electron chi connectivity index (χ0n) is 22.5. The Kier molecular flexibility index (Phi) is 10.1. The third-order valence-corrected chi connectivity index (χ3v) is 8.72. The molecule has 4 N–H and O–H groups in total. The van der Waals surface area contributed by atoms with Crippen LogP contribution in [0.2, 0.25) is 0 Å². The summed E-state index contributed by atoms with van der Waals surface area (Å²) in [5, 5.41) is 21.6. The lowest BCUT2D eigenvalue weighted by Gasteiger charge is -2.35. The van der Waals surface area contributed by atoms with Crippen LogP contribution in [0, 0.1) is 18.8 Å². The van der Waals surface area contributed by atoms with E-state index in [2.05, 4.69) is 10.0 Å². The predicted octanol–water partition coefficient (Wildman–Crippen LogP) is 2.44. The monoisotopic (exact) mass is 559 g/mol. The molecule has 0 aliphatic carbocycles. The Morgan fingerprint density at radius 1 is 1.03 bits per heavy atom. The van der Waals surface area contributed by atoms with Crippen molar-refractivity contribution in [3.05, 3.63) is 59.7 Å². The van der Waals surface area contributed by atoms with Crippen LogP contribution >= 0.6 is 0 Å². The van der Waals surface area contributed by atoms with Crippen molar-refractivity contribution in [2.45, 2.75) is 63.4 Å². The molecule has 1 fully saturated rings. The molecule has 0 radical (unpaired) electrons. The highest BCUT2D eigenvalue weighted by molar-refractivity contribution is 7.89. The number of carbonyl (C=O) groups is 3. The number of nitrogens with zero attached hydrogens (tertiary/aromatic N) is 1. The highest BCUT2D eigenvalue weighted by Gasteiger charge is 2.36. The highest BCUT2D eigenvalue weighted by atomic mass is 32.2. The van der Waals surface area contributed by atoms with E-state index >= 15 is 0 Å². The Bertz CT molecular complexity index is 1260. The standard InChI is InChI=1S/C28H37N3O7S/c1-4-19(3)25(30-39(37,38)23-11-5-18(2)6-12-23)27(34)31-15-13-21(14-16-31)26(33)29-24(28(35)36)17-20-7-9-22(32)10-8-20/h5-12,19,21,24-25,30,32H,4,13-17H2,1-3H3,(H,29,33)(H,35,36)/t19?,24-,25-/m0/s1. The van der Waals surface area contributed by atoms with Gasteiger partial charge in [0.1, 0.15) is 17.8 Å². The van der Waals surface area contributed by atoms with E-state index in [0.717, 1.165) is 5.56 Å². The second-order valence-electron chi connectivity index (χ2n) is 10.2. The largest absolute Gasteiger partial charge is 0.508 e. The summed E-state index contributed by atoms with van der Waals surface area (Å²) < 4.78 is 28.6. The number of phenols is 1. The minimum absolute atomic E-state index is 0.0643. The van der Waals surface area contributed by atoms with Gasteiger partial charge >= 0.3 is 5.97 Å². The lowest BCUT2D eigenvalue weighted by Crippen LogP contribution is -2.54. The second-order valence-corrected chi connectivity index (χ2v) is 11.9. The third kappa shape index (κ3) is 8.03. The summed E-state index contributed by atoms with van der Waals surface area (Å²) in [4.78, 5) is 39.7. The fourth-order valence-corrected chi connectivity index (χ4v) is 5.81. The van der Waals surface area contributed by atoms with Gasteiger partial charge in [-0.25, -0.2) is 13.2 Å².